The number of Topliss-reactive ketones (excluding diaryl/α,β-unsaturated/α-hetero) is 3. The Morgan fingerprint density at radius 2 is 1.73 bits per heavy atom. The summed E-state index contributed by atoms with van der Waals surface area (Å²) in [5.74, 6) is -10.8. The molecule has 4 atom stereocenters. The Hall–Kier alpha value is -3.99. The van der Waals surface area contributed by atoms with Crippen LogP contribution in [0.5, 0.6) is 5.75 Å². The number of phenols is 1. The van der Waals surface area contributed by atoms with Crippen molar-refractivity contribution in [3.8, 4) is 5.75 Å². The number of likely N-dealkylation sites (N-methyl/N-ethyl adjacent to an activating group) is 1. The predicted molar refractivity (Wildman–Crippen MR) is 128 cm³/mol. The van der Waals surface area contributed by atoms with Crippen LogP contribution in [0.15, 0.2) is 29.0 Å². The molecule has 0 bridgehead atoms. The number of aliphatic hydroxyl groups excluding tert-OH is 2. The number of aliphatic hydroxyl groups is 3. The minimum absolute atomic E-state index is 0.0655. The van der Waals surface area contributed by atoms with Crippen molar-refractivity contribution in [1.82, 2.24) is 4.90 Å². The molecule has 1 saturated carbocycles. The van der Waals surface area contributed by atoms with Gasteiger partial charge in [-0.3, -0.25) is 24.0 Å². The summed E-state index contributed by atoms with van der Waals surface area (Å²) in [6, 6.07) is 2.36. The van der Waals surface area contributed by atoms with Gasteiger partial charge >= 0.3 is 0 Å². The van der Waals surface area contributed by atoms with Crippen LogP contribution in [0.1, 0.15) is 41.8 Å². The lowest BCUT2D eigenvalue weighted by Gasteiger charge is -2.50. The van der Waals surface area contributed by atoms with Crippen LogP contribution in [-0.4, -0.2) is 74.2 Å². The van der Waals surface area contributed by atoms with E-state index in [1.807, 2.05) is 0 Å². The SMILES string of the molecule is CC(C)[C@@H]1C(=O)C(C(N)=O)=C(O)[C@@]2(O)C(=O)C3=C(O)c4c(O)ccc(C(=O)C(=O)N(C)C)c4C[C@H]3C[C@@H]12. The van der Waals surface area contributed by atoms with Gasteiger partial charge in [0.15, 0.2) is 11.4 Å². The molecular formula is C26H28N2O9. The molecule has 1 aromatic rings. The third-order valence-electron chi connectivity index (χ3n) is 7.70. The topological polar surface area (TPSA) is 196 Å². The van der Waals surface area contributed by atoms with Crippen LogP contribution in [-0.2, 0) is 25.6 Å². The Morgan fingerprint density at radius 1 is 1.11 bits per heavy atom. The average Bonchev–Trinajstić information content (AvgIpc) is 2.80. The summed E-state index contributed by atoms with van der Waals surface area (Å²) in [7, 11) is 2.80. The molecule has 0 saturated heterocycles. The molecule has 196 valence electrons. The van der Waals surface area contributed by atoms with Crippen molar-refractivity contribution in [3.05, 3.63) is 45.7 Å². The Balaban J connectivity index is 1.96. The molecule has 0 heterocycles. The molecule has 0 unspecified atom stereocenters. The van der Waals surface area contributed by atoms with Gasteiger partial charge in [0.05, 0.1) is 5.56 Å². The third-order valence-corrected chi connectivity index (χ3v) is 7.70. The van der Waals surface area contributed by atoms with E-state index >= 15 is 0 Å². The number of carbonyl (C=O) groups is 5. The van der Waals surface area contributed by atoms with E-state index in [-0.39, 0.29) is 35.1 Å². The molecule has 0 aromatic heterocycles. The maximum atomic E-state index is 13.8. The fourth-order valence-corrected chi connectivity index (χ4v) is 6.02. The van der Waals surface area contributed by atoms with E-state index < -0.39 is 81.3 Å². The molecule has 4 rings (SSSR count). The molecule has 37 heavy (non-hydrogen) atoms. The first-order valence-corrected chi connectivity index (χ1v) is 11.7. The van der Waals surface area contributed by atoms with Crippen LogP contribution in [0.3, 0.4) is 0 Å². The fraction of sp³-hybridized carbons (Fsp3) is 0.423. The summed E-state index contributed by atoms with van der Waals surface area (Å²) in [5.41, 5.74) is 1.25. The van der Waals surface area contributed by atoms with Gasteiger partial charge in [-0.2, -0.15) is 0 Å². The van der Waals surface area contributed by atoms with Crippen LogP contribution in [0.2, 0.25) is 0 Å². The zero-order valence-electron chi connectivity index (χ0n) is 20.7. The lowest BCUT2D eigenvalue weighted by atomic mass is 9.54. The summed E-state index contributed by atoms with van der Waals surface area (Å²) in [6.07, 6.45) is -0.161. The molecule has 0 radical (unpaired) electrons. The number of aromatic hydroxyl groups is 1. The van der Waals surface area contributed by atoms with Gasteiger partial charge in [-0.1, -0.05) is 13.8 Å². The van der Waals surface area contributed by atoms with Gasteiger partial charge in [0.1, 0.15) is 22.8 Å². The van der Waals surface area contributed by atoms with E-state index in [4.69, 9.17) is 5.73 Å². The van der Waals surface area contributed by atoms with Crippen LogP contribution in [0.25, 0.3) is 5.76 Å². The number of phenolic OH excluding ortho intramolecular Hbond substituents is 1. The predicted octanol–water partition coefficient (Wildman–Crippen LogP) is 0.577. The highest BCUT2D eigenvalue weighted by atomic mass is 16.3. The Kier molecular flexibility index (Phi) is 6.03. The number of nitrogens with two attached hydrogens (primary N) is 1. The van der Waals surface area contributed by atoms with Crippen molar-refractivity contribution in [1.29, 1.82) is 0 Å². The first-order valence-electron chi connectivity index (χ1n) is 11.7. The fourth-order valence-electron chi connectivity index (χ4n) is 6.02. The Bertz CT molecular complexity index is 1350. The quantitative estimate of drug-likeness (QED) is 0.218. The lowest BCUT2D eigenvalue weighted by molar-refractivity contribution is -0.155. The van der Waals surface area contributed by atoms with Gasteiger partial charge in [-0.05, 0) is 42.4 Å². The van der Waals surface area contributed by atoms with E-state index in [0.717, 1.165) is 11.0 Å². The Labute approximate surface area is 211 Å². The maximum absolute atomic E-state index is 13.8. The molecule has 3 aliphatic rings. The molecule has 11 nitrogen and oxygen atoms in total. The zero-order valence-corrected chi connectivity index (χ0v) is 20.7. The van der Waals surface area contributed by atoms with Gasteiger partial charge in [0, 0.05) is 37.1 Å². The zero-order chi connectivity index (χ0) is 27.7. The summed E-state index contributed by atoms with van der Waals surface area (Å²) in [5, 5.41) is 44.2. The van der Waals surface area contributed by atoms with E-state index in [2.05, 4.69) is 0 Å². The highest BCUT2D eigenvalue weighted by molar-refractivity contribution is 6.43. The maximum Gasteiger partial charge on any atom is 0.294 e. The van der Waals surface area contributed by atoms with E-state index in [1.165, 1.54) is 20.2 Å². The molecule has 0 spiro atoms. The van der Waals surface area contributed by atoms with Crippen molar-refractivity contribution in [2.45, 2.75) is 32.3 Å². The largest absolute Gasteiger partial charge is 0.508 e. The third kappa shape index (κ3) is 3.48. The van der Waals surface area contributed by atoms with E-state index in [0.29, 0.717) is 0 Å². The Morgan fingerprint density at radius 3 is 2.27 bits per heavy atom. The number of amides is 2. The first kappa shape index (κ1) is 26.1. The lowest BCUT2D eigenvalue weighted by Crippen LogP contribution is -2.62. The van der Waals surface area contributed by atoms with Crippen molar-refractivity contribution in [2.75, 3.05) is 14.1 Å². The van der Waals surface area contributed by atoms with Crippen LogP contribution >= 0.6 is 0 Å². The number of ketones is 3. The van der Waals surface area contributed by atoms with E-state index in [1.54, 1.807) is 13.8 Å². The van der Waals surface area contributed by atoms with Gasteiger partial charge in [-0.15, -0.1) is 0 Å². The first-order chi connectivity index (χ1) is 17.2. The van der Waals surface area contributed by atoms with Gasteiger partial charge in [0.2, 0.25) is 5.78 Å². The number of nitrogens with zero attached hydrogens (tertiary/aromatic N) is 1. The van der Waals surface area contributed by atoms with Crippen LogP contribution in [0.4, 0.5) is 0 Å². The minimum Gasteiger partial charge on any atom is -0.508 e. The molecule has 1 aromatic carbocycles. The van der Waals surface area contributed by atoms with Crippen molar-refractivity contribution in [2.24, 2.45) is 29.4 Å². The molecule has 0 aliphatic heterocycles. The van der Waals surface area contributed by atoms with Gasteiger partial charge in [0.25, 0.3) is 17.6 Å². The smallest absolute Gasteiger partial charge is 0.294 e. The number of hydrogen-bond acceptors (Lipinski definition) is 9. The molecular weight excluding hydrogens is 484 g/mol. The highest BCUT2D eigenvalue weighted by Gasteiger charge is 2.64. The summed E-state index contributed by atoms with van der Waals surface area (Å²) >= 11 is 0. The second kappa shape index (κ2) is 8.55. The van der Waals surface area contributed by atoms with Crippen LogP contribution in [0, 0.1) is 23.7 Å². The standard InChI is InChI=1S/C26H28N2O9/c1-9(2)15-13-8-10-7-12-11(19(30)25(36)28(3)4)5-6-14(29)17(12)21(32)16(10)22(33)26(13,37)23(34)18(20(15)31)24(27)35/h5-6,9-10,13,15,29,32,34,37H,7-8H2,1-4H3,(H2,27,35)/t10-,13-,15-,26-/m0/s1. The normalized spacial score (nSPS) is 27.0. The molecule has 2 amide bonds. The highest BCUT2D eigenvalue weighted by Crippen LogP contribution is 2.54. The number of fused-ring (bicyclic) bond motifs is 3. The molecule has 6 N–H and O–H groups in total. The second-order valence-electron chi connectivity index (χ2n) is 10.3. The summed E-state index contributed by atoms with van der Waals surface area (Å²) in [6.45, 7) is 3.32. The molecule has 11 heteroatoms. The van der Waals surface area contributed by atoms with E-state index in [9.17, 15) is 44.4 Å². The van der Waals surface area contributed by atoms with Crippen molar-refractivity contribution >= 4 is 34.9 Å². The van der Waals surface area contributed by atoms with Crippen molar-refractivity contribution in [3.63, 3.8) is 0 Å². The number of benzene rings is 1. The molecule has 1 fully saturated rings. The number of primary amides is 1. The number of rotatable bonds is 4. The average molecular weight is 513 g/mol. The minimum atomic E-state index is -2.71. The van der Waals surface area contributed by atoms with Crippen LogP contribution < -0.4 is 5.73 Å². The summed E-state index contributed by atoms with van der Waals surface area (Å²) < 4.78 is 0. The number of carbonyl (C=O) groups excluding carboxylic acids is 5. The van der Waals surface area contributed by atoms with Crippen molar-refractivity contribution < 1.29 is 44.4 Å². The summed E-state index contributed by atoms with van der Waals surface area (Å²) in [4.78, 5) is 65.3. The number of hydrogen-bond donors (Lipinski definition) is 5. The van der Waals surface area contributed by atoms with Gasteiger partial charge < -0.3 is 31.1 Å². The second-order valence-corrected chi connectivity index (χ2v) is 10.3. The molecule has 3 aliphatic carbocycles. The monoisotopic (exact) mass is 512 g/mol. The van der Waals surface area contributed by atoms with Gasteiger partial charge in [-0.25, -0.2) is 0 Å².